The number of aromatic nitrogens is 1. The monoisotopic (exact) mass is 397 g/mol. The summed E-state index contributed by atoms with van der Waals surface area (Å²) in [5, 5.41) is 23.6. The first-order valence-electron chi connectivity index (χ1n) is 9.05. The maximum atomic E-state index is 13.5. The summed E-state index contributed by atoms with van der Waals surface area (Å²) in [7, 11) is 0. The van der Waals surface area contributed by atoms with E-state index in [2.05, 4.69) is 16.4 Å². The molecular formula is C22H15N5O3. The lowest BCUT2D eigenvalue weighted by Crippen LogP contribution is -2.40. The minimum absolute atomic E-state index is 0.0801. The van der Waals surface area contributed by atoms with Crippen molar-refractivity contribution in [1.82, 2.24) is 4.98 Å². The molecule has 146 valence electrons. The largest absolute Gasteiger partial charge is 0.339 e. The zero-order valence-electron chi connectivity index (χ0n) is 15.6. The van der Waals surface area contributed by atoms with Crippen molar-refractivity contribution >= 4 is 34.9 Å². The molecule has 1 N–H and O–H groups in total. The second-order valence-corrected chi connectivity index (χ2v) is 6.50. The number of nitro groups is 1. The first-order chi connectivity index (χ1) is 14.6. The molecule has 1 atom stereocenters. The van der Waals surface area contributed by atoms with Gasteiger partial charge in [-0.05, 0) is 35.9 Å². The van der Waals surface area contributed by atoms with E-state index in [0.29, 0.717) is 11.4 Å². The summed E-state index contributed by atoms with van der Waals surface area (Å²) >= 11 is 0. The van der Waals surface area contributed by atoms with Crippen molar-refractivity contribution in [2.24, 2.45) is 0 Å². The van der Waals surface area contributed by atoms with Gasteiger partial charge in [0.15, 0.2) is 0 Å². The summed E-state index contributed by atoms with van der Waals surface area (Å²) in [4.78, 5) is 29.7. The lowest BCUT2D eigenvalue weighted by molar-refractivity contribution is -0.384. The van der Waals surface area contributed by atoms with E-state index in [0.717, 1.165) is 5.56 Å². The smallest absolute Gasteiger partial charge is 0.271 e. The van der Waals surface area contributed by atoms with Crippen molar-refractivity contribution in [3.05, 3.63) is 94.2 Å². The second-order valence-electron chi connectivity index (χ2n) is 6.50. The number of hydrogen-bond donors (Lipinski definition) is 1. The van der Waals surface area contributed by atoms with E-state index >= 15 is 0 Å². The van der Waals surface area contributed by atoms with Crippen LogP contribution in [0.2, 0.25) is 0 Å². The van der Waals surface area contributed by atoms with Crippen LogP contribution in [0.4, 0.5) is 22.9 Å². The van der Waals surface area contributed by atoms with Crippen molar-refractivity contribution < 1.29 is 9.72 Å². The number of nitro benzene ring substituents is 1. The Morgan fingerprint density at radius 1 is 1.17 bits per heavy atom. The highest BCUT2D eigenvalue weighted by atomic mass is 16.6. The van der Waals surface area contributed by atoms with Gasteiger partial charge in [0.25, 0.3) is 11.6 Å². The average Bonchev–Trinajstić information content (AvgIpc) is 2.78. The van der Waals surface area contributed by atoms with E-state index in [1.165, 1.54) is 23.2 Å². The Morgan fingerprint density at radius 2 is 2.00 bits per heavy atom. The fraction of sp³-hybridized carbons (Fsp3) is 0.0455. The predicted molar refractivity (Wildman–Crippen MR) is 112 cm³/mol. The number of pyridine rings is 1. The van der Waals surface area contributed by atoms with Gasteiger partial charge in [-0.3, -0.25) is 19.8 Å². The van der Waals surface area contributed by atoms with E-state index in [4.69, 9.17) is 0 Å². The highest BCUT2D eigenvalue weighted by Gasteiger charge is 2.30. The molecule has 2 aromatic carbocycles. The number of anilines is 3. The van der Waals surface area contributed by atoms with Gasteiger partial charge in [0, 0.05) is 24.0 Å². The number of carbonyl (C=O) groups is 1. The molecule has 1 aliphatic rings. The molecule has 1 amide bonds. The molecule has 2 heterocycles. The molecular weight excluding hydrogens is 382 g/mol. The van der Waals surface area contributed by atoms with Crippen molar-refractivity contribution in [1.29, 1.82) is 5.26 Å². The molecule has 0 bridgehead atoms. The zero-order valence-corrected chi connectivity index (χ0v) is 15.6. The first-order valence-corrected chi connectivity index (χ1v) is 9.05. The molecule has 3 aromatic rings. The van der Waals surface area contributed by atoms with Gasteiger partial charge in [-0.1, -0.05) is 30.3 Å². The van der Waals surface area contributed by atoms with Crippen LogP contribution < -0.4 is 10.2 Å². The topological polar surface area (TPSA) is 112 Å². The van der Waals surface area contributed by atoms with E-state index < -0.39 is 16.9 Å². The Bertz CT molecular complexity index is 1220. The van der Waals surface area contributed by atoms with Gasteiger partial charge < -0.3 is 5.32 Å². The Kier molecular flexibility index (Phi) is 4.93. The standard InChI is InChI=1S/C22H15N5O3/c23-14-18-11-10-15-5-1-2-9-20(15)26(18)22(28)19-8-4-12-24-21(19)25-16-6-3-7-17(13-16)27(29)30/h1-13,18H,(H,24,25). The minimum Gasteiger partial charge on any atom is -0.339 e. The molecule has 8 nitrogen and oxygen atoms in total. The molecule has 1 aromatic heterocycles. The molecule has 0 fully saturated rings. The third-order valence-electron chi connectivity index (χ3n) is 4.64. The molecule has 0 radical (unpaired) electrons. The lowest BCUT2D eigenvalue weighted by atomic mass is 10.0. The molecule has 4 rings (SSSR count). The number of nitrogens with zero attached hydrogens (tertiary/aromatic N) is 4. The van der Waals surface area contributed by atoms with Gasteiger partial charge >= 0.3 is 0 Å². The average molecular weight is 397 g/mol. The van der Waals surface area contributed by atoms with Crippen LogP contribution in [0.3, 0.4) is 0 Å². The van der Waals surface area contributed by atoms with Crippen LogP contribution in [-0.2, 0) is 0 Å². The van der Waals surface area contributed by atoms with Gasteiger partial charge in [0.2, 0.25) is 0 Å². The van der Waals surface area contributed by atoms with Crippen LogP contribution in [0.1, 0.15) is 15.9 Å². The number of rotatable bonds is 4. The number of benzene rings is 2. The number of amides is 1. The second kappa shape index (κ2) is 7.85. The zero-order chi connectivity index (χ0) is 21.1. The quantitative estimate of drug-likeness (QED) is 0.519. The molecule has 30 heavy (non-hydrogen) atoms. The third kappa shape index (κ3) is 3.47. The predicted octanol–water partition coefficient (Wildman–Crippen LogP) is 4.30. The number of nitrogens with one attached hydrogen (secondary N) is 1. The minimum atomic E-state index is -0.765. The maximum absolute atomic E-state index is 13.5. The Morgan fingerprint density at radius 3 is 2.80 bits per heavy atom. The fourth-order valence-corrected chi connectivity index (χ4v) is 3.26. The van der Waals surface area contributed by atoms with E-state index in [9.17, 15) is 20.2 Å². The fourth-order valence-electron chi connectivity index (χ4n) is 3.26. The summed E-state index contributed by atoms with van der Waals surface area (Å²) in [5.74, 6) is -0.161. The number of carbonyl (C=O) groups excluding carboxylic acids is 1. The highest BCUT2D eigenvalue weighted by Crippen LogP contribution is 2.32. The van der Waals surface area contributed by atoms with Crippen LogP contribution in [0, 0.1) is 21.4 Å². The van der Waals surface area contributed by atoms with Crippen molar-refractivity contribution in [3.8, 4) is 6.07 Å². The Labute approximate surface area is 171 Å². The number of nitriles is 1. The van der Waals surface area contributed by atoms with Gasteiger partial charge in [0.1, 0.15) is 11.9 Å². The van der Waals surface area contributed by atoms with Gasteiger partial charge in [-0.15, -0.1) is 0 Å². The van der Waals surface area contributed by atoms with Gasteiger partial charge in [0.05, 0.1) is 22.2 Å². The summed E-state index contributed by atoms with van der Waals surface area (Å²) in [6.07, 6.45) is 5.01. The van der Waals surface area contributed by atoms with Gasteiger partial charge in [-0.2, -0.15) is 5.26 Å². The van der Waals surface area contributed by atoms with Crippen LogP contribution in [0.5, 0.6) is 0 Å². The summed E-state index contributed by atoms with van der Waals surface area (Å²) in [5.41, 5.74) is 2.04. The molecule has 8 heteroatoms. The Balaban J connectivity index is 1.73. The van der Waals surface area contributed by atoms with Crippen molar-refractivity contribution in [2.75, 3.05) is 10.2 Å². The molecule has 0 saturated heterocycles. The number of fused-ring (bicyclic) bond motifs is 1. The summed E-state index contributed by atoms with van der Waals surface area (Å²) in [6.45, 7) is 0. The van der Waals surface area contributed by atoms with Crippen LogP contribution in [0.25, 0.3) is 6.08 Å². The summed E-state index contributed by atoms with van der Waals surface area (Å²) in [6, 6.07) is 17.8. The van der Waals surface area contributed by atoms with E-state index in [1.54, 1.807) is 42.5 Å². The maximum Gasteiger partial charge on any atom is 0.271 e. The third-order valence-corrected chi connectivity index (χ3v) is 4.64. The highest BCUT2D eigenvalue weighted by molar-refractivity contribution is 6.11. The molecule has 0 saturated carbocycles. The van der Waals surface area contributed by atoms with Gasteiger partial charge in [-0.25, -0.2) is 4.98 Å². The molecule has 1 unspecified atom stereocenters. The van der Waals surface area contributed by atoms with E-state index in [-0.39, 0.29) is 17.1 Å². The first kappa shape index (κ1) is 18.8. The van der Waals surface area contributed by atoms with E-state index in [1.807, 2.05) is 18.2 Å². The number of non-ortho nitro benzene ring substituents is 1. The molecule has 1 aliphatic heterocycles. The van der Waals surface area contributed by atoms with Crippen LogP contribution >= 0.6 is 0 Å². The Hall–Kier alpha value is -4.51. The summed E-state index contributed by atoms with van der Waals surface area (Å²) < 4.78 is 0. The number of para-hydroxylation sites is 1. The van der Waals surface area contributed by atoms with Crippen molar-refractivity contribution in [3.63, 3.8) is 0 Å². The van der Waals surface area contributed by atoms with Crippen LogP contribution in [0.15, 0.2) is 72.9 Å². The lowest BCUT2D eigenvalue weighted by Gasteiger charge is -2.30. The molecule has 0 spiro atoms. The normalized spacial score (nSPS) is 14.5. The molecule has 0 aliphatic carbocycles. The SMILES string of the molecule is N#CC1C=Cc2ccccc2N1C(=O)c1cccnc1Nc1cccc([N+](=O)[O-])c1. The number of hydrogen-bond acceptors (Lipinski definition) is 6. The van der Waals surface area contributed by atoms with Crippen molar-refractivity contribution in [2.45, 2.75) is 6.04 Å². The van der Waals surface area contributed by atoms with Crippen LogP contribution in [-0.4, -0.2) is 21.9 Å².